The van der Waals surface area contributed by atoms with Crippen LogP contribution < -0.4 is 5.73 Å². The molecule has 2 nitrogen and oxygen atoms in total. The summed E-state index contributed by atoms with van der Waals surface area (Å²) in [7, 11) is 0. The molecule has 5 heteroatoms. The zero-order valence-electron chi connectivity index (χ0n) is 7.41. The summed E-state index contributed by atoms with van der Waals surface area (Å²) < 4.78 is 12.6. The second kappa shape index (κ2) is 6.19. The van der Waals surface area contributed by atoms with Crippen molar-refractivity contribution >= 4 is 24.0 Å². The van der Waals surface area contributed by atoms with Crippen LogP contribution in [0.4, 0.5) is 4.39 Å². The van der Waals surface area contributed by atoms with E-state index in [0.717, 1.165) is 0 Å². The fraction of sp³-hybridized carbons (Fsp3) is 0.333. The van der Waals surface area contributed by atoms with Crippen LogP contribution in [0.2, 0.25) is 5.02 Å². The number of hydrogen-bond donors (Lipinski definition) is 2. The highest BCUT2D eigenvalue weighted by molar-refractivity contribution is 6.31. The quantitative estimate of drug-likeness (QED) is 0.851. The van der Waals surface area contributed by atoms with Crippen molar-refractivity contribution in [2.75, 3.05) is 6.61 Å². The molecule has 1 atom stereocenters. The van der Waals surface area contributed by atoms with Gasteiger partial charge in [-0.15, -0.1) is 12.4 Å². The third-order valence-corrected chi connectivity index (χ3v) is 2.13. The van der Waals surface area contributed by atoms with Gasteiger partial charge in [-0.2, -0.15) is 0 Å². The van der Waals surface area contributed by atoms with E-state index in [9.17, 15) is 4.39 Å². The molecule has 0 aliphatic rings. The van der Waals surface area contributed by atoms with E-state index < -0.39 is 0 Å². The second-order valence-corrected chi connectivity index (χ2v) is 3.19. The number of aliphatic hydroxyl groups excluding tert-OH is 1. The van der Waals surface area contributed by atoms with Crippen LogP contribution in [0.5, 0.6) is 0 Å². The summed E-state index contributed by atoms with van der Waals surface area (Å²) in [5.41, 5.74) is 6.35. The van der Waals surface area contributed by atoms with E-state index in [-0.39, 0.29) is 30.9 Å². The number of aliphatic hydroxyl groups is 1. The number of nitrogens with two attached hydrogens (primary N) is 1. The first-order chi connectivity index (χ1) is 6.15. The maximum absolute atomic E-state index is 12.6. The second-order valence-electron chi connectivity index (χ2n) is 2.78. The highest BCUT2D eigenvalue weighted by Gasteiger charge is 2.09. The zero-order chi connectivity index (χ0) is 9.84. The third kappa shape index (κ3) is 3.42. The summed E-state index contributed by atoms with van der Waals surface area (Å²) in [4.78, 5) is 0. The lowest BCUT2D eigenvalue weighted by Gasteiger charge is -2.11. The fourth-order valence-corrected chi connectivity index (χ4v) is 1.40. The Balaban J connectivity index is 0.00000169. The Labute approximate surface area is 93.3 Å². The van der Waals surface area contributed by atoms with Crippen molar-refractivity contribution in [2.45, 2.75) is 12.5 Å². The Morgan fingerprint density at radius 3 is 2.64 bits per heavy atom. The van der Waals surface area contributed by atoms with Crippen molar-refractivity contribution < 1.29 is 9.50 Å². The monoisotopic (exact) mass is 239 g/mol. The Morgan fingerprint density at radius 1 is 1.50 bits per heavy atom. The molecule has 1 aromatic carbocycles. The lowest BCUT2D eigenvalue weighted by molar-refractivity contribution is 0.276. The highest BCUT2D eigenvalue weighted by atomic mass is 35.5. The highest BCUT2D eigenvalue weighted by Crippen LogP contribution is 2.23. The molecule has 0 saturated heterocycles. The van der Waals surface area contributed by atoms with Gasteiger partial charge in [0, 0.05) is 17.7 Å². The van der Waals surface area contributed by atoms with Crippen molar-refractivity contribution in [3.63, 3.8) is 0 Å². The van der Waals surface area contributed by atoms with Crippen molar-refractivity contribution in [1.82, 2.24) is 0 Å². The van der Waals surface area contributed by atoms with Crippen LogP contribution in [0.1, 0.15) is 18.0 Å². The van der Waals surface area contributed by atoms with Gasteiger partial charge in [-0.1, -0.05) is 17.7 Å². The molecule has 0 aliphatic carbocycles. The van der Waals surface area contributed by atoms with Crippen LogP contribution in [0.15, 0.2) is 18.2 Å². The fourth-order valence-electron chi connectivity index (χ4n) is 1.10. The first-order valence-electron chi connectivity index (χ1n) is 3.96. The summed E-state index contributed by atoms with van der Waals surface area (Å²) in [6.07, 6.45) is 0.422. The summed E-state index contributed by atoms with van der Waals surface area (Å²) in [5, 5.41) is 8.95. The van der Waals surface area contributed by atoms with Gasteiger partial charge in [0.25, 0.3) is 0 Å². The molecule has 0 aliphatic heterocycles. The predicted octanol–water partition coefficient (Wildman–Crippen LogP) is 2.28. The average Bonchev–Trinajstić information content (AvgIpc) is 2.04. The SMILES string of the molecule is Cl.N[C@@H](CCO)c1ccc(F)cc1Cl. The standard InChI is InChI=1S/C9H11ClFNO.ClH/c10-8-5-6(11)1-2-7(8)9(12)3-4-13;/h1-2,5,9,13H,3-4,12H2;1H/t9-;/m0./s1. The third-order valence-electron chi connectivity index (χ3n) is 1.80. The molecule has 3 N–H and O–H groups in total. The smallest absolute Gasteiger partial charge is 0.124 e. The molecular weight excluding hydrogens is 228 g/mol. The molecule has 1 aromatic rings. The van der Waals surface area contributed by atoms with Crippen LogP contribution in [-0.2, 0) is 0 Å². The van der Waals surface area contributed by atoms with Gasteiger partial charge in [0.1, 0.15) is 5.82 Å². The molecule has 0 aromatic heterocycles. The molecule has 0 amide bonds. The molecule has 0 bridgehead atoms. The van der Waals surface area contributed by atoms with Crippen LogP contribution in [-0.4, -0.2) is 11.7 Å². The maximum Gasteiger partial charge on any atom is 0.124 e. The van der Waals surface area contributed by atoms with E-state index in [2.05, 4.69) is 0 Å². The lowest BCUT2D eigenvalue weighted by Crippen LogP contribution is -2.12. The van der Waals surface area contributed by atoms with E-state index in [1.165, 1.54) is 18.2 Å². The van der Waals surface area contributed by atoms with E-state index in [1.54, 1.807) is 0 Å². The van der Waals surface area contributed by atoms with Gasteiger partial charge < -0.3 is 10.8 Å². The summed E-state index contributed by atoms with van der Waals surface area (Å²) in [6.45, 7) is -0.00509. The van der Waals surface area contributed by atoms with Crippen LogP contribution in [0.3, 0.4) is 0 Å². The Hall–Kier alpha value is -0.350. The van der Waals surface area contributed by atoms with Gasteiger partial charge in [-0.3, -0.25) is 0 Å². The predicted molar refractivity (Wildman–Crippen MR) is 57.3 cm³/mol. The number of benzene rings is 1. The van der Waals surface area contributed by atoms with Gasteiger partial charge in [0.05, 0.1) is 0 Å². The number of rotatable bonds is 3. The lowest BCUT2D eigenvalue weighted by atomic mass is 10.1. The van der Waals surface area contributed by atoms with Crippen molar-refractivity contribution in [1.29, 1.82) is 0 Å². The van der Waals surface area contributed by atoms with E-state index >= 15 is 0 Å². The molecular formula is C9H12Cl2FNO. The average molecular weight is 240 g/mol. The molecule has 0 spiro atoms. The minimum Gasteiger partial charge on any atom is -0.396 e. The summed E-state index contributed by atoms with van der Waals surface area (Å²) >= 11 is 5.76. The number of hydrogen-bond acceptors (Lipinski definition) is 2. The summed E-state index contributed by atoms with van der Waals surface area (Å²) in [6, 6.07) is 3.72. The van der Waals surface area contributed by atoms with Crippen molar-refractivity contribution in [3.8, 4) is 0 Å². The summed E-state index contributed by atoms with van der Waals surface area (Å²) in [5.74, 6) is -0.384. The van der Waals surface area contributed by atoms with Crippen LogP contribution in [0, 0.1) is 5.82 Å². The minimum absolute atomic E-state index is 0. The molecule has 0 unspecified atom stereocenters. The van der Waals surface area contributed by atoms with E-state index in [0.29, 0.717) is 17.0 Å². The first kappa shape index (κ1) is 13.7. The molecule has 14 heavy (non-hydrogen) atoms. The maximum atomic E-state index is 12.6. The Morgan fingerprint density at radius 2 is 2.14 bits per heavy atom. The van der Waals surface area contributed by atoms with Crippen molar-refractivity contribution in [3.05, 3.63) is 34.6 Å². The first-order valence-corrected chi connectivity index (χ1v) is 4.34. The van der Waals surface area contributed by atoms with Gasteiger partial charge in [0.2, 0.25) is 0 Å². The van der Waals surface area contributed by atoms with Gasteiger partial charge >= 0.3 is 0 Å². The van der Waals surface area contributed by atoms with Gasteiger partial charge in [-0.25, -0.2) is 4.39 Å². The normalized spacial score (nSPS) is 12.0. The Kier molecular flexibility index (Phi) is 6.04. The van der Waals surface area contributed by atoms with Gasteiger partial charge in [-0.05, 0) is 24.1 Å². The molecule has 0 heterocycles. The molecule has 0 saturated carbocycles. The topological polar surface area (TPSA) is 46.2 Å². The van der Waals surface area contributed by atoms with Crippen LogP contribution >= 0.6 is 24.0 Å². The van der Waals surface area contributed by atoms with Gasteiger partial charge in [0.15, 0.2) is 0 Å². The zero-order valence-corrected chi connectivity index (χ0v) is 8.98. The van der Waals surface area contributed by atoms with E-state index in [1.807, 2.05) is 0 Å². The molecule has 80 valence electrons. The molecule has 0 radical (unpaired) electrons. The van der Waals surface area contributed by atoms with E-state index in [4.69, 9.17) is 22.4 Å². The van der Waals surface area contributed by atoms with Crippen LogP contribution in [0.25, 0.3) is 0 Å². The Bertz CT molecular complexity index is 296. The number of halogens is 3. The van der Waals surface area contributed by atoms with Crippen molar-refractivity contribution in [2.24, 2.45) is 5.73 Å². The minimum atomic E-state index is -0.384. The molecule has 1 rings (SSSR count). The largest absolute Gasteiger partial charge is 0.396 e. The molecule has 0 fully saturated rings.